The highest BCUT2D eigenvalue weighted by atomic mass is 16.5. The van der Waals surface area contributed by atoms with Crippen LogP contribution >= 0.6 is 0 Å². The largest absolute Gasteiger partial charge is 0.480 e. The third-order valence-electron chi connectivity index (χ3n) is 2.82. The summed E-state index contributed by atoms with van der Waals surface area (Å²) in [6.45, 7) is 2.83. The molecule has 0 bridgehead atoms. The Labute approximate surface area is 109 Å². The molecule has 0 aromatic carbocycles. The average Bonchev–Trinajstić information content (AvgIpc) is 2.35. The van der Waals surface area contributed by atoms with Gasteiger partial charge in [0, 0.05) is 27.3 Å². The van der Waals surface area contributed by atoms with E-state index in [1.807, 2.05) is 4.90 Å². The number of nitrogens with zero attached hydrogens (tertiary/aromatic N) is 1. The fourth-order valence-electron chi connectivity index (χ4n) is 1.78. The van der Waals surface area contributed by atoms with Crippen LogP contribution in [0.25, 0.3) is 0 Å². The molecule has 0 heterocycles. The van der Waals surface area contributed by atoms with Gasteiger partial charge in [0.05, 0.1) is 13.2 Å². The molecular formula is C12H26N2O4. The maximum atomic E-state index is 11.3. The number of hydrogen-bond acceptors (Lipinski definition) is 5. The van der Waals surface area contributed by atoms with Gasteiger partial charge >= 0.3 is 5.97 Å². The molecule has 0 aliphatic carbocycles. The van der Waals surface area contributed by atoms with Crippen molar-refractivity contribution in [1.82, 2.24) is 4.90 Å². The standard InChI is InChI=1S/C12H26N2O4/c1-17-9-7-14(8-10-18-2)11(12(15)16)5-3-4-6-13/h11H,3-10,13H2,1-2H3,(H,15,16). The lowest BCUT2D eigenvalue weighted by Gasteiger charge is -2.28. The zero-order chi connectivity index (χ0) is 13.8. The molecule has 0 aliphatic heterocycles. The van der Waals surface area contributed by atoms with Crippen molar-refractivity contribution in [2.45, 2.75) is 25.3 Å². The van der Waals surface area contributed by atoms with Gasteiger partial charge in [-0.1, -0.05) is 6.42 Å². The summed E-state index contributed by atoms with van der Waals surface area (Å²) >= 11 is 0. The fourth-order valence-corrected chi connectivity index (χ4v) is 1.78. The fraction of sp³-hybridized carbons (Fsp3) is 0.917. The van der Waals surface area contributed by atoms with Gasteiger partial charge in [-0.3, -0.25) is 9.69 Å². The summed E-state index contributed by atoms with van der Waals surface area (Å²) in [5.74, 6) is -0.792. The Morgan fingerprint density at radius 3 is 2.17 bits per heavy atom. The van der Waals surface area contributed by atoms with E-state index in [0.717, 1.165) is 12.8 Å². The van der Waals surface area contributed by atoms with Crippen LogP contribution in [0.15, 0.2) is 0 Å². The lowest BCUT2D eigenvalue weighted by atomic mass is 10.1. The van der Waals surface area contributed by atoms with E-state index in [0.29, 0.717) is 39.3 Å². The zero-order valence-electron chi connectivity index (χ0n) is 11.4. The normalized spacial score (nSPS) is 12.9. The molecule has 0 fully saturated rings. The van der Waals surface area contributed by atoms with E-state index in [-0.39, 0.29) is 0 Å². The van der Waals surface area contributed by atoms with E-state index >= 15 is 0 Å². The molecule has 0 amide bonds. The monoisotopic (exact) mass is 262 g/mol. The molecule has 3 N–H and O–H groups in total. The Morgan fingerprint density at radius 2 is 1.78 bits per heavy atom. The van der Waals surface area contributed by atoms with Crippen LogP contribution in [0.5, 0.6) is 0 Å². The smallest absolute Gasteiger partial charge is 0.320 e. The molecule has 108 valence electrons. The van der Waals surface area contributed by atoms with E-state index < -0.39 is 12.0 Å². The maximum Gasteiger partial charge on any atom is 0.320 e. The molecule has 6 nitrogen and oxygen atoms in total. The average molecular weight is 262 g/mol. The molecule has 1 unspecified atom stereocenters. The Kier molecular flexibility index (Phi) is 11.0. The summed E-state index contributed by atoms with van der Waals surface area (Å²) in [5.41, 5.74) is 5.43. The molecule has 0 spiro atoms. The number of methoxy groups -OCH3 is 2. The van der Waals surface area contributed by atoms with Gasteiger partial charge in [0.15, 0.2) is 0 Å². The van der Waals surface area contributed by atoms with Gasteiger partial charge in [-0.15, -0.1) is 0 Å². The third-order valence-corrected chi connectivity index (χ3v) is 2.82. The molecule has 0 radical (unpaired) electrons. The van der Waals surface area contributed by atoms with Crippen LogP contribution in [0.3, 0.4) is 0 Å². The Morgan fingerprint density at radius 1 is 1.22 bits per heavy atom. The Hall–Kier alpha value is -0.690. The van der Waals surface area contributed by atoms with Crippen molar-refractivity contribution in [3.05, 3.63) is 0 Å². The minimum atomic E-state index is -0.792. The molecule has 1 atom stereocenters. The number of ether oxygens (including phenoxy) is 2. The van der Waals surface area contributed by atoms with Crippen LogP contribution in [0.2, 0.25) is 0 Å². The van der Waals surface area contributed by atoms with Crippen LogP contribution < -0.4 is 5.73 Å². The van der Waals surface area contributed by atoms with Crippen molar-refractivity contribution in [3.63, 3.8) is 0 Å². The Bertz CT molecular complexity index is 206. The van der Waals surface area contributed by atoms with E-state index in [1.54, 1.807) is 14.2 Å². The molecule has 0 saturated heterocycles. The second-order valence-electron chi connectivity index (χ2n) is 4.16. The van der Waals surface area contributed by atoms with Gasteiger partial charge in [0.1, 0.15) is 6.04 Å². The highest BCUT2D eigenvalue weighted by molar-refractivity contribution is 5.73. The highest BCUT2D eigenvalue weighted by Crippen LogP contribution is 2.09. The molecule has 0 saturated carbocycles. The molecule has 0 aromatic heterocycles. The highest BCUT2D eigenvalue weighted by Gasteiger charge is 2.24. The number of carboxylic acids is 1. The molecular weight excluding hydrogens is 236 g/mol. The van der Waals surface area contributed by atoms with Crippen LogP contribution in [0.4, 0.5) is 0 Å². The predicted molar refractivity (Wildman–Crippen MR) is 69.7 cm³/mol. The van der Waals surface area contributed by atoms with Gasteiger partial charge < -0.3 is 20.3 Å². The summed E-state index contributed by atoms with van der Waals surface area (Å²) in [6.07, 6.45) is 2.29. The second kappa shape index (κ2) is 11.4. The van der Waals surface area contributed by atoms with Crippen molar-refractivity contribution in [2.75, 3.05) is 47.1 Å². The molecule has 0 rings (SSSR count). The van der Waals surface area contributed by atoms with Crippen molar-refractivity contribution in [2.24, 2.45) is 5.73 Å². The number of carbonyl (C=O) groups is 1. The number of unbranched alkanes of at least 4 members (excludes halogenated alkanes) is 1. The lowest BCUT2D eigenvalue weighted by molar-refractivity contribution is -0.144. The van der Waals surface area contributed by atoms with Crippen LogP contribution in [0.1, 0.15) is 19.3 Å². The number of nitrogens with two attached hydrogens (primary N) is 1. The van der Waals surface area contributed by atoms with Crippen LogP contribution in [0, 0.1) is 0 Å². The van der Waals surface area contributed by atoms with Crippen molar-refractivity contribution in [1.29, 1.82) is 0 Å². The topological polar surface area (TPSA) is 85.0 Å². The first kappa shape index (κ1) is 17.3. The number of rotatable bonds is 12. The number of carboxylic acid groups (broad SMARTS) is 1. The first-order chi connectivity index (χ1) is 8.67. The summed E-state index contributed by atoms with van der Waals surface area (Å²) in [7, 11) is 3.22. The van der Waals surface area contributed by atoms with Crippen LogP contribution in [-0.2, 0) is 14.3 Å². The van der Waals surface area contributed by atoms with Gasteiger partial charge in [0.2, 0.25) is 0 Å². The minimum Gasteiger partial charge on any atom is -0.480 e. The van der Waals surface area contributed by atoms with Crippen molar-refractivity contribution >= 4 is 5.97 Å². The second-order valence-corrected chi connectivity index (χ2v) is 4.16. The number of aliphatic carboxylic acids is 1. The van der Waals surface area contributed by atoms with Gasteiger partial charge in [-0.25, -0.2) is 0 Å². The van der Waals surface area contributed by atoms with Crippen LogP contribution in [-0.4, -0.2) is 69.1 Å². The maximum absolute atomic E-state index is 11.3. The summed E-state index contributed by atoms with van der Waals surface area (Å²) in [5, 5.41) is 9.29. The van der Waals surface area contributed by atoms with Gasteiger partial charge in [-0.05, 0) is 19.4 Å². The molecule has 6 heteroatoms. The summed E-state index contributed by atoms with van der Waals surface area (Å²) in [4.78, 5) is 13.2. The SMILES string of the molecule is COCCN(CCOC)C(CCCCN)C(=O)O. The van der Waals surface area contributed by atoms with Crippen molar-refractivity contribution < 1.29 is 19.4 Å². The first-order valence-corrected chi connectivity index (χ1v) is 6.32. The zero-order valence-corrected chi connectivity index (χ0v) is 11.4. The lowest BCUT2D eigenvalue weighted by Crippen LogP contribution is -2.44. The quantitative estimate of drug-likeness (QED) is 0.487. The van der Waals surface area contributed by atoms with Gasteiger partial charge in [-0.2, -0.15) is 0 Å². The van der Waals surface area contributed by atoms with E-state index in [9.17, 15) is 9.90 Å². The first-order valence-electron chi connectivity index (χ1n) is 6.32. The van der Waals surface area contributed by atoms with Crippen molar-refractivity contribution in [3.8, 4) is 0 Å². The van der Waals surface area contributed by atoms with E-state index in [1.165, 1.54) is 0 Å². The minimum absolute atomic E-state index is 0.484. The Balaban J connectivity index is 4.36. The molecule has 0 aliphatic rings. The number of hydrogen-bond donors (Lipinski definition) is 2. The summed E-state index contributed by atoms with van der Waals surface area (Å²) < 4.78 is 10.0. The van der Waals surface area contributed by atoms with Gasteiger partial charge in [0.25, 0.3) is 0 Å². The summed E-state index contributed by atoms with van der Waals surface area (Å²) in [6, 6.07) is -0.484. The predicted octanol–water partition coefficient (Wildman–Crippen LogP) is 0.163. The van der Waals surface area contributed by atoms with E-state index in [2.05, 4.69) is 0 Å². The molecule has 18 heavy (non-hydrogen) atoms. The van der Waals surface area contributed by atoms with E-state index in [4.69, 9.17) is 15.2 Å². The third kappa shape index (κ3) is 7.60. The molecule has 0 aromatic rings.